The van der Waals surface area contributed by atoms with Gasteiger partial charge >= 0.3 is 6.03 Å². The molecule has 0 spiro atoms. The number of rotatable bonds is 7. The number of benzene rings is 1. The summed E-state index contributed by atoms with van der Waals surface area (Å²) in [5.41, 5.74) is 7.28. The minimum atomic E-state index is -0.269. The second-order valence-corrected chi connectivity index (χ2v) is 13.8. The topological polar surface area (TPSA) is 81.9 Å². The first-order chi connectivity index (χ1) is 19.8. The Bertz CT molecular complexity index is 989. The smallest absolute Gasteiger partial charge is 0.320 e. The number of hydrogen-bond donors (Lipinski definition) is 2. The Balaban J connectivity index is 1.26. The molecule has 1 aromatic rings. The Morgan fingerprint density at radius 2 is 1.46 bits per heavy atom. The van der Waals surface area contributed by atoms with Gasteiger partial charge in [-0.1, -0.05) is 43.0 Å². The summed E-state index contributed by atoms with van der Waals surface area (Å²) in [5, 5.41) is 4.45. The summed E-state index contributed by atoms with van der Waals surface area (Å²) in [6, 6.07) is 9.59. The Morgan fingerprint density at radius 3 is 2.07 bits per heavy atom. The summed E-state index contributed by atoms with van der Waals surface area (Å²) in [6.45, 7) is 5.82. The van der Waals surface area contributed by atoms with Crippen molar-refractivity contribution < 1.29 is 9.59 Å². The zero-order valence-electron chi connectivity index (χ0n) is 25.3. The third-order valence-electron chi connectivity index (χ3n) is 10.4. The van der Waals surface area contributed by atoms with Crippen LogP contribution in [0.15, 0.2) is 24.3 Å². The van der Waals surface area contributed by atoms with Gasteiger partial charge in [0.05, 0.1) is 6.04 Å². The highest BCUT2D eigenvalue weighted by molar-refractivity contribution is 6.30. The van der Waals surface area contributed by atoms with E-state index >= 15 is 0 Å². The SMILES string of the molecule is CC1CCC(C)N1C(=O)N(C1CCCCC1)C1CCN(C(=O)[C@H](Cc2ccc(Cl)cc2)NC2CCC(N)CC2)CC1. The lowest BCUT2D eigenvalue weighted by Crippen LogP contribution is -2.59. The van der Waals surface area contributed by atoms with E-state index in [1.54, 1.807) is 0 Å². The average molecular weight is 586 g/mol. The van der Waals surface area contributed by atoms with Crippen LogP contribution in [0, 0.1) is 0 Å². The molecule has 2 aliphatic carbocycles. The van der Waals surface area contributed by atoms with Gasteiger partial charge in [0, 0.05) is 54.4 Å². The van der Waals surface area contributed by atoms with Gasteiger partial charge in [-0.15, -0.1) is 0 Å². The van der Waals surface area contributed by atoms with Crippen LogP contribution in [0.5, 0.6) is 0 Å². The summed E-state index contributed by atoms with van der Waals surface area (Å²) >= 11 is 6.14. The lowest BCUT2D eigenvalue weighted by Gasteiger charge is -2.46. The van der Waals surface area contributed by atoms with Gasteiger partial charge in [-0.3, -0.25) is 4.79 Å². The molecule has 2 heterocycles. The van der Waals surface area contributed by atoms with Crippen molar-refractivity contribution in [3.8, 4) is 0 Å². The predicted octanol–water partition coefficient (Wildman–Crippen LogP) is 5.73. The van der Waals surface area contributed by atoms with Gasteiger partial charge < -0.3 is 25.8 Å². The van der Waals surface area contributed by atoms with Crippen LogP contribution in [0.2, 0.25) is 5.02 Å². The number of nitrogens with one attached hydrogen (secondary N) is 1. The van der Waals surface area contributed by atoms with E-state index in [1.165, 1.54) is 19.3 Å². The maximum absolute atomic E-state index is 14.1. The first-order valence-electron chi connectivity index (χ1n) is 16.5. The highest BCUT2D eigenvalue weighted by atomic mass is 35.5. The van der Waals surface area contributed by atoms with Crippen LogP contribution in [0.25, 0.3) is 0 Å². The van der Waals surface area contributed by atoms with Crippen molar-refractivity contribution in [1.29, 1.82) is 0 Å². The molecule has 2 saturated heterocycles. The van der Waals surface area contributed by atoms with Crippen molar-refractivity contribution in [2.75, 3.05) is 13.1 Å². The highest BCUT2D eigenvalue weighted by Crippen LogP contribution is 2.33. The van der Waals surface area contributed by atoms with E-state index in [0.717, 1.165) is 69.8 Å². The zero-order valence-corrected chi connectivity index (χ0v) is 26.0. The first kappa shape index (κ1) is 30.6. The molecule has 3 atom stereocenters. The molecule has 4 fully saturated rings. The molecular weight excluding hydrogens is 534 g/mol. The number of piperidine rings is 1. The maximum atomic E-state index is 14.1. The summed E-state index contributed by atoms with van der Waals surface area (Å²) in [6.07, 6.45) is 14.5. The Kier molecular flexibility index (Phi) is 10.5. The number of nitrogens with two attached hydrogens (primary N) is 1. The van der Waals surface area contributed by atoms with E-state index in [2.05, 4.69) is 33.9 Å². The third kappa shape index (κ3) is 7.58. The number of likely N-dealkylation sites (tertiary alicyclic amines) is 2. The van der Waals surface area contributed by atoms with Crippen LogP contribution in [-0.2, 0) is 11.2 Å². The van der Waals surface area contributed by atoms with Crippen molar-refractivity contribution in [1.82, 2.24) is 20.0 Å². The van der Waals surface area contributed by atoms with Crippen LogP contribution >= 0.6 is 11.6 Å². The fourth-order valence-corrected chi connectivity index (χ4v) is 8.03. The van der Waals surface area contributed by atoms with Crippen molar-refractivity contribution in [3.63, 3.8) is 0 Å². The molecule has 3 amide bonds. The Morgan fingerprint density at radius 1 is 0.878 bits per heavy atom. The number of nitrogens with zero attached hydrogens (tertiary/aromatic N) is 3. The minimum absolute atomic E-state index is 0.186. The molecule has 0 aromatic heterocycles. The molecule has 228 valence electrons. The molecule has 0 radical (unpaired) electrons. The van der Waals surface area contributed by atoms with Gasteiger partial charge in [-0.05, 0) is 102 Å². The highest BCUT2D eigenvalue weighted by Gasteiger charge is 2.41. The van der Waals surface area contributed by atoms with E-state index in [9.17, 15) is 9.59 Å². The average Bonchev–Trinajstić information content (AvgIpc) is 3.33. The van der Waals surface area contributed by atoms with Gasteiger partial charge in [0.25, 0.3) is 0 Å². The molecular formula is C33H52ClN5O2. The number of carbonyl (C=O) groups is 2. The van der Waals surface area contributed by atoms with Crippen molar-refractivity contribution in [2.45, 2.75) is 146 Å². The molecule has 4 aliphatic rings. The van der Waals surface area contributed by atoms with Gasteiger partial charge in [-0.2, -0.15) is 0 Å². The fourth-order valence-electron chi connectivity index (χ4n) is 7.90. The van der Waals surface area contributed by atoms with Crippen molar-refractivity contribution >= 4 is 23.5 Å². The molecule has 41 heavy (non-hydrogen) atoms. The van der Waals surface area contributed by atoms with E-state index in [-0.39, 0.29) is 30.1 Å². The van der Waals surface area contributed by atoms with E-state index in [4.69, 9.17) is 17.3 Å². The second-order valence-electron chi connectivity index (χ2n) is 13.4. The summed E-state index contributed by atoms with van der Waals surface area (Å²) in [4.78, 5) is 34.6. The van der Waals surface area contributed by atoms with Crippen LogP contribution in [0.1, 0.15) is 103 Å². The standard InChI is InChI=1S/C33H52ClN5O2/c1-23-8-9-24(2)38(23)33(41)39(29-6-4-3-5-7-29)30-18-20-37(21-19-30)32(40)31(22-25-10-12-26(34)13-11-25)36-28-16-14-27(35)15-17-28/h10-13,23-24,27-31,36H,3-9,14-22,35H2,1-2H3/t23?,24?,27?,28?,31-/m0/s1. The number of amides is 3. The van der Waals surface area contributed by atoms with Gasteiger partial charge in [0.15, 0.2) is 0 Å². The van der Waals surface area contributed by atoms with Gasteiger partial charge in [0.2, 0.25) is 5.91 Å². The zero-order chi connectivity index (χ0) is 28.9. The van der Waals surface area contributed by atoms with E-state index in [0.29, 0.717) is 48.7 Å². The largest absolute Gasteiger partial charge is 0.341 e. The van der Waals surface area contributed by atoms with Crippen LogP contribution < -0.4 is 11.1 Å². The third-order valence-corrected chi connectivity index (χ3v) is 10.6. The summed E-state index contributed by atoms with van der Waals surface area (Å²) in [5.74, 6) is 0.186. The molecule has 2 aliphatic heterocycles. The number of hydrogen-bond acceptors (Lipinski definition) is 4. The quantitative estimate of drug-likeness (QED) is 0.428. The first-order valence-corrected chi connectivity index (χ1v) is 16.8. The number of halogens is 1. The normalized spacial score (nSPS) is 29.0. The Labute approximate surface area is 252 Å². The molecule has 7 nitrogen and oxygen atoms in total. The van der Waals surface area contributed by atoms with Gasteiger partial charge in [-0.25, -0.2) is 4.79 Å². The number of urea groups is 1. The molecule has 2 saturated carbocycles. The minimum Gasteiger partial charge on any atom is -0.341 e. The Hall–Kier alpha value is -1.83. The predicted molar refractivity (Wildman–Crippen MR) is 166 cm³/mol. The van der Waals surface area contributed by atoms with Crippen molar-refractivity contribution in [3.05, 3.63) is 34.9 Å². The molecule has 5 rings (SSSR count). The second kappa shape index (κ2) is 14.1. The number of carbonyl (C=O) groups excluding carboxylic acids is 2. The molecule has 1 aromatic carbocycles. The molecule has 3 N–H and O–H groups in total. The van der Waals surface area contributed by atoms with Crippen LogP contribution in [0.4, 0.5) is 4.79 Å². The summed E-state index contributed by atoms with van der Waals surface area (Å²) < 4.78 is 0. The van der Waals surface area contributed by atoms with Gasteiger partial charge in [0.1, 0.15) is 0 Å². The molecule has 2 unspecified atom stereocenters. The lowest BCUT2D eigenvalue weighted by atomic mass is 9.90. The maximum Gasteiger partial charge on any atom is 0.320 e. The van der Waals surface area contributed by atoms with E-state index in [1.807, 2.05) is 24.3 Å². The van der Waals surface area contributed by atoms with Crippen molar-refractivity contribution in [2.24, 2.45) is 5.73 Å². The van der Waals surface area contributed by atoms with E-state index < -0.39 is 0 Å². The molecule has 0 bridgehead atoms. The summed E-state index contributed by atoms with van der Waals surface area (Å²) in [7, 11) is 0. The van der Waals surface area contributed by atoms with Crippen LogP contribution in [-0.4, -0.2) is 82.0 Å². The monoisotopic (exact) mass is 585 g/mol. The molecule has 8 heteroatoms. The fraction of sp³-hybridized carbons (Fsp3) is 0.758. The lowest BCUT2D eigenvalue weighted by molar-refractivity contribution is -0.135. The van der Waals surface area contributed by atoms with Crippen LogP contribution in [0.3, 0.4) is 0 Å².